The first-order chi connectivity index (χ1) is 15.0. The largest absolute Gasteiger partial charge is 0.355 e. The maximum Gasteiger partial charge on any atom is 0.254 e. The molecule has 4 rings (SSSR count). The van der Waals surface area contributed by atoms with Crippen molar-refractivity contribution in [2.45, 2.75) is 40.0 Å². The van der Waals surface area contributed by atoms with Gasteiger partial charge in [-0.2, -0.15) is 14.6 Å². The van der Waals surface area contributed by atoms with Crippen LogP contribution in [0.5, 0.6) is 0 Å². The molecule has 0 unspecified atom stereocenters. The van der Waals surface area contributed by atoms with E-state index in [0.29, 0.717) is 23.7 Å². The number of fused-ring (bicyclic) bond motifs is 1. The number of carbonyl (C=O) groups is 2. The molecule has 0 aliphatic carbocycles. The molecule has 1 aliphatic heterocycles. The van der Waals surface area contributed by atoms with E-state index in [1.54, 1.807) is 28.8 Å². The standard InChI is InChI=1S/C22H27N7O2/c1-4-19-14(2)25-22-23-13-24-29(22)21(19)28-11-5-6-16(12-28)20(31)27-18-9-7-17(8-10-18)26-15(3)30/h7-10,13,16H,4-6,11-12H2,1-3H3,(H,26,30)(H,27,31)/t16-/m1/s1. The predicted molar refractivity (Wildman–Crippen MR) is 119 cm³/mol. The Hall–Kier alpha value is -3.49. The zero-order valence-electron chi connectivity index (χ0n) is 18.1. The van der Waals surface area contributed by atoms with Gasteiger partial charge in [-0.3, -0.25) is 9.59 Å². The SMILES string of the molecule is CCc1c(C)nc2ncnn2c1N1CCC[C@@H](C(=O)Nc2ccc(NC(C)=O)cc2)C1. The Labute approximate surface area is 180 Å². The third-order valence-electron chi connectivity index (χ3n) is 5.62. The fourth-order valence-corrected chi connectivity index (χ4v) is 4.17. The van der Waals surface area contributed by atoms with E-state index >= 15 is 0 Å². The number of hydrogen-bond acceptors (Lipinski definition) is 6. The smallest absolute Gasteiger partial charge is 0.254 e. The van der Waals surface area contributed by atoms with Crippen molar-refractivity contribution >= 4 is 34.8 Å². The van der Waals surface area contributed by atoms with Crippen LogP contribution in [0.3, 0.4) is 0 Å². The molecule has 31 heavy (non-hydrogen) atoms. The molecule has 2 amide bonds. The molecule has 1 fully saturated rings. The maximum absolute atomic E-state index is 13.0. The average molecular weight is 422 g/mol. The molecule has 1 aliphatic rings. The highest BCUT2D eigenvalue weighted by molar-refractivity contribution is 5.94. The van der Waals surface area contributed by atoms with Crippen LogP contribution in [0.4, 0.5) is 17.2 Å². The third kappa shape index (κ3) is 4.35. The van der Waals surface area contributed by atoms with Gasteiger partial charge in [-0.15, -0.1) is 0 Å². The van der Waals surface area contributed by atoms with Crippen LogP contribution >= 0.6 is 0 Å². The van der Waals surface area contributed by atoms with E-state index in [-0.39, 0.29) is 17.7 Å². The van der Waals surface area contributed by atoms with Crippen molar-refractivity contribution in [3.63, 3.8) is 0 Å². The summed E-state index contributed by atoms with van der Waals surface area (Å²) in [4.78, 5) is 35.2. The van der Waals surface area contributed by atoms with Crippen LogP contribution in [0, 0.1) is 12.8 Å². The van der Waals surface area contributed by atoms with Crippen molar-refractivity contribution in [1.82, 2.24) is 19.6 Å². The van der Waals surface area contributed by atoms with Gasteiger partial charge in [0.15, 0.2) is 0 Å². The molecule has 162 valence electrons. The van der Waals surface area contributed by atoms with Crippen LogP contribution in [0.1, 0.15) is 37.9 Å². The Morgan fingerprint density at radius 3 is 2.55 bits per heavy atom. The number of nitrogens with zero attached hydrogens (tertiary/aromatic N) is 5. The van der Waals surface area contributed by atoms with E-state index in [0.717, 1.165) is 42.9 Å². The number of hydrogen-bond donors (Lipinski definition) is 2. The van der Waals surface area contributed by atoms with Crippen molar-refractivity contribution in [3.8, 4) is 0 Å². The lowest BCUT2D eigenvalue weighted by molar-refractivity contribution is -0.120. The number of piperidine rings is 1. The molecule has 1 saturated heterocycles. The molecule has 0 saturated carbocycles. The summed E-state index contributed by atoms with van der Waals surface area (Å²) in [6.07, 6.45) is 4.10. The Balaban J connectivity index is 1.51. The zero-order valence-corrected chi connectivity index (χ0v) is 18.1. The molecule has 3 heterocycles. The maximum atomic E-state index is 13.0. The molecule has 9 heteroatoms. The van der Waals surface area contributed by atoms with Crippen molar-refractivity contribution in [1.29, 1.82) is 0 Å². The van der Waals surface area contributed by atoms with Crippen LogP contribution in [0.2, 0.25) is 0 Å². The molecule has 0 spiro atoms. The van der Waals surface area contributed by atoms with Crippen LogP contribution in [-0.2, 0) is 16.0 Å². The molecule has 9 nitrogen and oxygen atoms in total. The first-order valence-electron chi connectivity index (χ1n) is 10.6. The van der Waals surface area contributed by atoms with Gasteiger partial charge < -0.3 is 15.5 Å². The Bertz CT molecular complexity index is 1110. The topological polar surface area (TPSA) is 105 Å². The minimum absolute atomic E-state index is 0.00404. The minimum Gasteiger partial charge on any atom is -0.355 e. The number of amides is 2. The first kappa shape index (κ1) is 20.8. The summed E-state index contributed by atoms with van der Waals surface area (Å²) in [6, 6.07) is 7.14. The molecule has 0 bridgehead atoms. The van der Waals surface area contributed by atoms with Crippen LogP contribution in [-0.4, -0.2) is 44.5 Å². The van der Waals surface area contributed by atoms with Crippen molar-refractivity contribution < 1.29 is 9.59 Å². The van der Waals surface area contributed by atoms with Gasteiger partial charge in [-0.05, 0) is 50.5 Å². The Kier molecular flexibility index (Phi) is 5.83. The molecule has 1 aromatic carbocycles. The number of aryl methyl sites for hydroxylation is 1. The molecule has 2 aromatic heterocycles. The molecule has 3 aromatic rings. The Morgan fingerprint density at radius 1 is 1.16 bits per heavy atom. The number of carbonyl (C=O) groups excluding carboxylic acids is 2. The van der Waals surface area contributed by atoms with Gasteiger partial charge in [0.25, 0.3) is 5.78 Å². The number of rotatable bonds is 5. The fraction of sp³-hybridized carbons (Fsp3) is 0.409. The van der Waals surface area contributed by atoms with E-state index in [4.69, 9.17) is 0 Å². The number of benzene rings is 1. The summed E-state index contributed by atoms with van der Waals surface area (Å²) in [5.41, 5.74) is 3.49. The number of anilines is 3. The second-order valence-corrected chi connectivity index (χ2v) is 7.86. The monoisotopic (exact) mass is 421 g/mol. The highest BCUT2D eigenvalue weighted by atomic mass is 16.2. The second-order valence-electron chi connectivity index (χ2n) is 7.86. The lowest BCUT2D eigenvalue weighted by Crippen LogP contribution is -2.42. The molecule has 2 N–H and O–H groups in total. The number of aromatic nitrogens is 4. The highest BCUT2D eigenvalue weighted by Gasteiger charge is 2.29. The summed E-state index contributed by atoms with van der Waals surface area (Å²) in [5.74, 6) is 1.30. The van der Waals surface area contributed by atoms with Crippen LogP contribution in [0.25, 0.3) is 5.78 Å². The van der Waals surface area contributed by atoms with Gasteiger partial charge in [-0.1, -0.05) is 6.92 Å². The van der Waals surface area contributed by atoms with Gasteiger partial charge >= 0.3 is 0 Å². The Morgan fingerprint density at radius 2 is 1.87 bits per heavy atom. The summed E-state index contributed by atoms with van der Waals surface area (Å²) < 4.78 is 1.78. The summed E-state index contributed by atoms with van der Waals surface area (Å²) in [7, 11) is 0. The second kappa shape index (κ2) is 8.71. The molecule has 0 radical (unpaired) electrons. The van der Waals surface area contributed by atoms with Crippen LogP contribution < -0.4 is 15.5 Å². The predicted octanol–water partition coefficient (Wildman–Crippen LogP) is 2.81. The van der Waals surface area contributed by atoms with Gasteiger partial charge in [-0.25, -0.2) is 4.98 Å². The zero-order chi connectivity index (χ0) is 22.0. The van der Waals surface area contributed by atoms with Gasteiger partial charge in [0.05, 0.1) is 5.92 Å². The van der Waals surface area contributed by atoms with Crippen molar-refractivity contribution in [2.75, 3.05) is 28.6 Å². The van der Waals surface area contributed by atoms with Crippen LogP contribution in [0.15, 0.2) is 30.6 Å². The van der Waals surface area contributed by atoms with E-state index in [2.05, 4.69) is 37.5 Å². The van der Waals surface area contributed by atoms with E-state index < -0.39 is 0 Å². The average Bonchev–Trinajstić information content (AvgIpc) is 3.21. The quantitative estimate of drug-likeness (QED) is 0.656. The van der Waals surface area contributed by atoms with Gasteiger partial charge in [0, 0.05) is 42.6 Å². The summed E-state index contributed by atoms with van der Waals surface area (Å²) in [5, 5.41) is 10.1. The summed E-state index contributed by atoms with van der Waals surface area (Å²) >= 11 is 0. The van der Waals surface area contributed by atoms with E-state index in [1.807, 2.05) is 6.92 Å². The van der Waals surface area contributed by atoms with Gasteiger partial charge in [0.1, 0.15) is 12.1 Å². The molecule has 1 atom stereocenters. The van der Waals surface area contributed by atoms with Crippen molar-refractivity contribution in [2.24, 2.45) is 5.92 Å². The third-order valence-corrected chi connectivity index (χ3v) is 5.62. The lowest BCUT2D eigenvalue weighted by atomic mass is 9.96. The summed E-state index contributed by atoms with van der Waals surface area (Å²) in [6.45, 7) is 7.04. The normalized spacial score (nSPS) is 16.4. The highest BCUT2D eigenvalue weighted by Crippen LogP contribution is 2.29. The van der Waals surface area contributed by atoms with Crippen molar-refractivity contribution in [3.05, 3.63) is 41.9 Å². The van der Waals surface area contributed by atoms with E-state index in [9.17, 15) is 9.59 Å². The molecular weight excluding hydrogens is 394 g/mol. The molecular formula is C22H27N7O2. The van der Waals surface area contributed by atoms with Gasteiger partial charge in [0.2, 0.25) is 11.8 Å². The fourth-order valence-electron chi connectivity index (χ4n) is 4.17. The minimum atomic E-state index is -0.138. The lowest BCUT2D eigenvalue weighted by Gasteiger charge is -2.35. The van der Waals surface area contributed by atoms with E-state index in [1.165, 1.54) is 13.3 Å². The first-order valence-corrected chi connectivity index (χ1v) is 10.6. The number of nitrogens with one attached hydrogen (secondary N) is 2.